The first-order valence-electron chi connectivity index (χ1n) is 9.18. The van der Waals surface area contributed by atoms with Gasteiger partial charge in [0.05, 0.1) is 18.7 Å². The predicted octanol–water partition coefficient (Wildman–Crippen LogP) is 2.49. The highest BCUT2D eigenvalue weighted by molar-refractivity contribution is 6.03. The van der Waals surface area contributed by atoms with Crippen molar-refractivity contribution in [2.45, 2.75) is 6.92 Å². The first-order valence-corrected chi connectivity index (χ1v) is 9.18. The van der Waals surface area contributed by atoms with Gasteiger partial charge in [-0.05, 0) is 36.8 Å². The highest BCUT2D eigenvalue weighted by Gasteiger charge is 2.11. The summed E-state index contributed by atoms with van der Waals surface area (Å²) >= 11 is 0. The van der Waals surface area contributed by atoms with Crippen LogP contribution < -0.4 is 22.3 Å². The molecule has 0 amide bonds. The van der Waals surface area contributed by atoms with E-state index in [-0.39, 0.29) is 18.3 Å². The number of benzene rings is 1. The van der Waals surface area contributed by atoms with Gasteiger partial charge in [-0.25, -0.2) is 19.6 Å². The Bertz CT molecular complexity index is 943. The van der Waals surface area contributed by atoms with Gasteiger partial charge in [-0.1, -0.05) is 18.2 Å². The van der Waals surface area contributed by atoms with E-state index in [1.165, 1.54) is 6.08 Å². The Morgan fingerprint density at radius 2 is 1.90 bits per heavy atom. The molecule has 2 aromatic rings. The summed E-state index contributed by atoms with van der Waals surface area (Å²) in [6, 6.07) is 9.42. The number of nitrogens with one attached hydrogen (secondary N) is 2. The van der Waals surface area contributed by atoms with E-state index in [9.17, 15) is 8.78 Å². The Balaban J connectivity index is 0.00000110. The highest BCUT2D eigenvalue weighted by Crippen LogP contribution is 2.24. The fourth-order valence-electron chi connectivity index (χ4n) is 2.32. The maximum absolute atomic E-state index is 13.7. The number of amidine groups is 1. The molecule has 0 unspecified atom stereocenters. The summed E-state index contributed by atoms with van der Waals surface area (Å²) in [5, 5.41) is 10.5. The second-order valence-corrected chi connectivity index (χ2v) is 5.90. The van der Waals surface area contributed by atoms with Crippen molar-refractivity contribution in [1.82, 2.24) is 10.4 Å². The van der Waals surface area contributed by atoms with Gasteiger partial charge in [-0.2, -0.15) is 0 Å². The number of allylic oxidation sites excluding steroid dienone is 3. The number of aliphatic hydroxyl groups is 1. The van der Waals surface area contributed by atoms with Gasteiger partial charge in [0.1, 0.15) is 17.9 Å². The number of halogens is 2. The molecule has 0 aliphatic rings. The normalized spacial score (nSPS) is 12.0. The van der Waals surface area contributed by atoms with Crippen molar-refractivity contribution in [3.63, 3.8) is 0 Å². The lowest BCUT2D eigenvalue weighted by molar-refractivity contribution is -0.110. The van der Waals surface area contributed by atoms with Gasteiger partial charge in [-0.15, -0.1) is 0 Å². The molecule has 0 radical (unpaired) electrons. The van der Waals surface area contributed by atoms with Crippen LogP contribution in [0.4, 0.5) is 20.3 Å². The van der Waals surface area contributed by atoms with Crippen molar-refractivity contribution in [2.24, 2.45) is 10.8 Å². The number of hydrogen-bond donors (Lipinski definition) is 5. The van der Waals surface area contributed by atoms with Gasteiger partial charge < -0.3 is 26.4 Å². The summed E-state index contributed by atoms with van der Waals surface area (Å²) in [5.41, 5.74) is 11.3. The van der Waals surface area contributed by atoms with Crippen LogP contribution in [0.2, 0.25) is 0 Å². The third-order valence-corrected chi connectivity index (χ3v) is 3.84. The van der Waals surface area contributed by atoms with Gasteiger partial charge >= 0.3 is 0 Å². The number of nitrogens with two attached hydrogens (primary N) is 2. The molecule has 10 heteroatoms. The van der Waals surface area contributed by atoms with Gasteiger partial charge in [0.2, 0.25) is 0 Å². The van der Waals surface area contributed by atoms with Crippen molar-refractivity contribution in [2.75, 3.05) is 31.2 Å². The predicted molar refractivity (Wildman–Crippen MR) is 120 cm³/mol. The lowest BCUT2D eigenvalue weighted by Crippen LogP contribution is -2.32. The topological polar surface area (TPSA) is 139 Å². The van der Waals surface area contributed by atoms with Crippen molar-refractivity contribution in [3.05, 3.63) is 65.9 Å². The van der Waals surface area contributed by atoms with Gasteiger partial charge in [0.25, 0.3) is 0 Å². The molecule has 0 spiro atoms. The van der Waals surface area contributed by atoms with E-state index in [0.717, 1.165) is 22.9 Å². The van der Waals surface area contributed by atoms with Crippen LogP contribution in [-0.2, 0) is 4.79 Å². The minimum Gasteiger partial charge on any atom is -0.389 e. The number of nitrogen functional groups attached to an aromatic ring is 1. The average Bonchev–Trinajstić information content (AvgIpc) is 2.80. The van der Waals surface area contributed by atoms with Crippen LogP contribution in [0.3, 0.4) is 0 Å². The van der Waals surface area contributed by atoms with Crippen LogP contribution in [0.1, 0.15) is 12.5 Å². The maximum Gasteiger partial charge on any atom is 0.157 e. The lowest BCUT2D eigenvalue weighted by Gasteiger charge is -2.11. The van der Waals surface area contributed by atoms with Crippen LogP contribution in [0.15, 0.2) is 65.3 Å². The molecule has 2 rings (SSSR count). The molecule has 0 bridgehead atoms. The molecule has 1 heterocycles. The molecule has 0 aliphatic carbocycles. The maximum atomic E-state index is 13.7. The summed E-state index contributed by atoms with van der Waals surface area (Å²) in [4.78, 5) is 17.1. The van der Waals surface area contributed by atoms with Crippen molar-refractivity contribution >= 4 is 23.6 Å². The number of aliphatic hydroxyl groups excluding tert-OH is 1. The van der Waals surface area contributed by atoms with E-state index in [0.29, 0.717) is 11.8 Å². The quantitative estimate of drug-likeness (QED) is 0.113. The van der Waals surface area contributed by atoms with E-state index in [2.05, 4.69) is 20.7 Å². The molecule has 1 aromatic carbocycles. The van der Waals surface area contributed by atoms with E-state index in [1.54, 1.807) is 19.2 Å². The summed E-state index contributed by atoms with van der Waals surface area (Å²) < 4.78 is 27.2. The number of hydrogen-bond acceptors (Lipinski definition) is 7. The first kappa shape index (κ1) is 25.4. The number of pyridine rings is 1. The Morgan fingerprint density at radius 3 is 2.42 bits per heavy atom. The van der Waals surface area contributed by atoms with E-state index in [1.807, 2.05) is 31.3 Å². The summed E-state index contributed by atoms with van der Waals surface area (Å²) in [5.74, 6) is 3.79. The Labute approximate surface area is 179 Å². The average molecular weight is 432 g/mol. The van der Waals surface area contributed by atoms with Crippen molar-refractivity contribution < 1.29 is 18.7 Å². The standard InChI is InChI=1S/C19H22F2N6.C2H4O2/c1-3-4-16(20)17(21)11-26-19(27-23)15-9-13(10-25-18(15)22)12-5-7-14(24-2)8-6-12;3-1-2-4/h3-10,24H,11,23H2,1-2H3,(H2,22,25)(H,26,27);1,4H,2H2/b4-3-,17-16-;. The molecule has 8 nitrogen and oxygen atoms in total. The van der Waals surface area contributed by atoms with E-state index in [4.69, 9.17) is 21.5 Å². The molecule has 166 valence electrons. The number of hydrazine groups is 1. The van der Waals surface area contributed by atoms with Crippen LogP contribution in [-0.4, -0.2) is 42.4 Å². The number of carbonyl (C=O) groups is 1. The van der Waals surface area contributed by atoms with Crippen molar-refractivity contribution in [3.8, 4) is 11.1 Å². The molecular weight excluding hydrogens is 406 g/mol. The number of rotatable bonds is 7. The second-order valence-electron chi connectivity index (χ2n) is 5.90. The van der Waals surface area contributed by atoms with Crippen LogP contribution in [0.25, 0.3) is 11.1 Å². The molecule has 0 fully saturated rings. The number of aromatic nitrogens is 1. The zero-order valence-corrected chi connectivity index (χ0v) is 17.3. The molecule has 0 atom stereocenters. The zero-order chi connectivity index (χ0) is 23.2. The molecule has 0 saturated heterocycles. The Kier molecular flexibility index (Phi) is 11.1. The summed E-state index contributed by atoms with van der Waals surface area (Å²) in [7, 11) is 1.83. The highest BCUT2D eigenvalue weighted by atomic mass is 19.2. The van der Waals surface area contributed by atoms with E-state index < -0.39 is 18.2 Å². The van der Waals surface area contributed by atoms with Crippen LogP contribution in [0, 0.1) is 0 Å². The molecule has 0 aliphatic heterocycles. The fraction of sp³-hybridized carbons (Fsp3) is 0.190. The van der Waals surface area contributed by atoms with Gasteiger partial charge in [0.15, 0.2) is 11.7 Å². The van der Waals surface area contributed by atoms with E-state index >= 15 is 0 Å². The number of anilines is 2. The molecule has 7 N–H and O–H groups in total. The largest absolute Gasteiger partial charge is 0.389 e. The minimum absolute atomic E-state index is 0.108. The molecule has 1 aromatic heterocycles. The molecule has 31 heavy (non-hydrogen) atoms. The molecule has 0 saturated carbocycles. The SMILES string of the molecule is C/C=C\C(F)=C(\F)CN=C(NN)c1cc(-c2ccc(NC)cc2)cnc1N.O=CCO. The summed E-state index contributed by atoms with van der Waals surface area (Å²) in [6.07, 6.45) is 4.46. The number of aliphatic imine (C=N–C) groups is 1. The van der Waals surface area contributed by atoms with Gasteiger partial charge in [0, 0.05) is 24.5 Å². The first-order chi connectivity index (χ1) is 14.9. The third-order valence-electron chi connectivity index (χ3n) is 3.84. The lowest BCUT2D eigenvalue weighted by atomic mass is 10.0. The summed E-state index contributed by atoms with van der Waals surface area (Å²) in [6.45, 7) is 0.709. The number of aldehydes is 1. The monoisotopic (exact) mass is 432 g/mol. The zero-order valence-electron chi connectivity index (χ0n) is 17.3. The molecular formula is C21H26F2N6O2. The smallest absolute Gasteiger partial charge is 0.157 e. The van der Waals surface area contributed by atoms with Crippen LogP contribution in [0.5, 0.6) is 0 Å². The van der Waals surface area contributed by atoms with Crippen molar-refractivity contribution in [1.29, 1.82) is 0 Å². The Morgan fingerprint density at radius 1 is 1.26 bits per heavy atom. The Hall–Kier alpha value is -3.63. The number of nitrogens with zero attached hydrogens (tertiary/aromatic N) is 2. The van der Waals surface area contributed by atoms with Crippen LogP contribution >= 0.6 is 0 Å². The second kappa shape index (κ2) is 13.6. The number of carbonyl (C=O) groups excluding carboxylic acids is 1. The minimum atomic E-state index is -1.01. The van der Waals surface area contributed by atoms with Gasteiger partial charge in [-0.3, -0.25) is 4.99 Å². The fourth-order valence-corrected chi connectivity index (χ4v) is 2.32. The third kappa shape index (κ3) is 7.96.